The first-order valence-electron chi connectivity index (χ1n) is 12.6. The zero-order valence-corrected chi connectivity index (χ0v) is 23.5. The van der Waals surface area contributed by atoms with Gasteiger partial charge in [-0.15, -0.1) is 11.3 Å². The summed E-state index contributed by atoms with van der Waals surface area (Å²) in [7, 11) is 1.22. The van der Waals surface area contributed by atoms with E-state index < -0.39 is 42.6 Å². The molecule has 1 fully saturated rings. The van der Waals surface area contributed by atoms with Gasteiger partial charge in [0.2, 0.25) is 0 Å². The molecule has 2 amide bonds. The molecule has 16 heteroatoms. The lowest BCUT2D eigenvalue weighted by molar-refractivity contribution is -0.0286. The number of hydrogen-bond acceptors (Lipinski definition) is 10. The number of hydrogen-bond donors (Lipinski definition) is 3. The Morgan fingerprint density at radius 2 is 2.24 bits per heavy atom. The highest BCUT2D eigenvalue weighted by Crippen LogP contribution is 2.40. The van der Waals surface area contributed by atoms with E-state index in [-0.39, 0.29) is 31.1 Å². The molecule has 1 aromatic heterocycles. The van der Waals surface area contributed by atoms with Gasteiger partial charge < -0.3 is 20.1 Å². The van der Waals surface area contributed by atoms with Crippen molar-refractivity contribution < 1.29 is 32.2 Å². The fourth-order valence-electron chi connectivity index (χ4n) is 5.00. The maximum Gasteiger partial charge on any atom is 0.410 e. The minimum atomic E-state index is -2.83. The van der Waals surface area contributed by atoms with E-state index in [1.165, 1.54) is 35.6 Å². The van der Waals surface area contributed by atoms with Crippen LogP contribution in [-0.4, -0.2) is 90.1 Å². The molecule has 4 heterocycles. The summed E-state index contributed by atoms with van der Waals surface area (Å²) in [6, 6.07) is -0.836. The molecule has 0 spiro atoms. The van der Waals surface area contributed by atoms with Gasteiger partial charge in [-0.25, -0.2) is 24.4 Å². The molecule has 220 valence electrons. The SMILES string of the molecule is COC(=O)NC[C@@H]1CN(CC2=C(C3(C)C=CN(C(F)F)N3)[C@H](C3=C(Cl)CC(F)C=C3)N=C(c3nccs3)N2)C(=O)O1. The minimum Gasteiger partial charge on any atom is -0.453 e. The summed E-state index contributed by atoms with van der Waals surface area (Å²) >= 11 is 7.90. The third-order valence-corrected chi connectivity index (χ3v) is 8.04. The lowest BCUT2D eigenvalue weighted by Crippen LogP contribution is -2.53. The molecule has 5 rings (SSSR count). The van der Waals surface area contributed by atoms with E-state index >= 15 is 0 Å². The number of methoxy groups -OCH3 is 1. The van der Waals surface area contributed by atoms with Gasteiger partial charge in [-0.3, -0.25) is 14.9 Å². The number of alkyl carbamates (subject to hydrolysis) is 1. The number of amides is 2. The van der Waals surface area contributed by atoms with Crippen LogP contribution in [0.3, 0.4) is 0 Å². The molecule has 1 saturated heterocycles. The average molecular weight is 614 g/mol. The summed E-state index contributed by atoms with van der Waals surface area (Å²) in [5, 5.41) is 9.00. The number of cyclic esters (lactones) is 1. The predicted molar refractivity (Wildman–Crippen MR) is 145 cm³/mol. The molecular formula is C25H27ClF3N7O4S. The molecule has 41 heavy (non-hydrogen) atoms. The van der Waals surface area contributed by atoms with Gasteiger partial charge in [0, 0.05) is 40.5 Å². The number of carbonyl (C=O) groups is 2. The first kappa shape index (κ1) is 29.0. The maximum atomic E-state index is 14.2. The second-order valence-corrected chi connectivity index (χ2v) is 11.1. The average Bonchev–Trinajstić information content (AvgIpc) is 3.68. The quantitative estimate of drug-likeness (QED) is 0.382. The van der Waals surface area contributed by atoms with Crippen molar-refractivity contribution in [2.45, 2.75) is 43.8 Å². The summed E-state index contributed by atoms with van der Waals surface area (Å²) in [5.74, 6) is 0.379. The molecule has 3 N–H and O–H groups in total. The van der Waals surface area contributed by atoms with E-state index in [1.54, 1.807) is 30.7 Å². The van der Waals surface area contributed by atoms with Gasteiger partial charge in [0.25, 0.3) is 0 Å². The van der Waals surface area contributed by atoms with Crippen molar-refractivity contribution in [2.24, 2.45) is 4.99 Å². The van der Waals surface area contributed by atoms with Crippen molar-refractivity contribution in [3.05, 3.63) is 62.9 Å². The van der Waals surface area contributed by atoms with Crippen LogP contribution in [0.1, 0.15) is 18.4 Å². The molecule has 2 unspecified atom stereocenters. The Morgan fingerprint density at radius 1 is 1.44 bits per heavy atom. The van der Waals surface area contributed by atoms with Crippen molar-refractivity contribution in [2.75, 3.05) is 26.7 Å². The second kappa shape index (κ2) is 11.7. The van der Waals surface area contributed by atoms with Crippen LogP contribution in [0.5, 0.6) is 0 Å². The number of rotatable bonds is 8. The number of halogens is 4. The van der Waals surface area contributed by atoms with E-state index in [0.29, 0.717) is 32.7 Å². The molecular weight excluding hydrogens is 587 g/mol. The molecule has 4 aliphatic rings. The Balaban J connectivity index is 1.55. The number of hydrazine groups is 1. The number of alkyl halides is 3. The first-order valence-corrected chi connectivity index (χ1v) is 13.8. The largest absolute Gasteiger partial charge is 0.453 e. The Morgan fingerprint density at radius 3 is 2.90 bits per heavy atom. The summed E-state index contributed by atoms with van der Waals surface area (Å²) in [5.41, 5.74) is 3.08. The number of thiazole rings is 1. The molecule has 0 saturated carbocycles. The summed E-state index contributed by atoms with van der Waals surface area (Å²) in [6.07, 6.45) is 4.07. The smallest absolute Gasteiger partial charge is 0.410 e. The molecule has 4 atom stereocenters. The first-order chi connectivity index (χ1) is 19.6. The van der Waals surface area contributed by atoms with Gasteiger partial charge in [0.1, 0.15) is 18.3 Å². The summed E-state index contributed by atoms with van der Waals surface area (Å²) < 4.78 is 51.5. The minimum absolute atomic E-state index is 0.0239. The Bertz CT molecular complexity index is 1350. The molecule has 0 bridgehead atoms. The molecule has 3 aliphatic heterocycles. The lowest BCUT2D eigenvalue weighted by atomic mass is 9.80. The van der Waals surface area contributed by atoms with Crippen LogP contribution in [0.15, 0.2) is 62.9 Å². The van der Waals surface area contributed by atoms with E-state index in [1.807, 2.05) is 0 Å². The van der Waals surface area contributed by atoms with Gasteiger partial charge >= 0.3 is 18.7 Å². The number of ether oxygens (including phenoxy) is 2. The van der Waals surface area contributed by atoms with E-state index in [2.05, 4.69) is 25.8 Å². The van der Waals surface area contributed by atoms with Crippen molar-refractivity contribution in [1.82, 2.24) is 31.0 Å². The van der Waals surface area contributed by atoms with Gasteiger partial charge in [-0.05, 0) is 24.6 Å². The number of aliphatic imine (C=N–C) groups is 1. The molecule has 0 aromatic carbocycles. The molecule has 1 aliphatic carbocycles. The second-order valence-electron chi connectivity index (χ2n) is 9.75. The fourth-order valence-corrected chi connectivity index (χ4v) is 5.90. The van der Waals surface area contributed by atoms with E-state index in [9.17, 15) is 22.8 Å². The third kappa shape index (κ3) is 6.06. The van der Waals surface area contributed by atoms with Crippen LogP contribution in [0.25, 0.3) is 0 Å². The van der Waals surface area contributed by atoms with E-state index in [4.69, 9.17) is 21.3 Å². The van der Waals surface area contributed by atoms with E-state index in [0.717, 1.165) is 0 Å². The Hall–Kier alpha value is -3.56. The normalized spacial score (nSPS) is 27.9. The summed E-state index contributed by atoms with van der Waals surface area (Å²) in [4.78, 5) is 35.0. The van der Waals surface area contributed by atoms with Crippen molar-refractivity contribution in [3.63, 3.8) is 0 Å². The van der Waals surface area contributed by atoms with Crippen LogP contribution >= 0.6 is 22.9 Å². The molecule has 11 nitrogen and oxygen atoms in total. The van der Waals surface area contributed by atoms with Crippen molar-refractivity contribution in [1.29, 1.82) is 0 Å². The highest BCUT2D eigenvalue weighted by Gasteiger charge is 2.45. The van der Waals surface area contributed by atoms with Crippen LogP contribution in [-0.2, 0) is 9.47 Å². The van der Waals surface area contributed by atoms with Crippen molar-refractivity contribution >= 4 is 41.0 Å². The highest BCUT2D eigenvalue weighted by molar-refractivity contribution is 7.11. The van der Waals surface area contributed by atoms with Gasteiger partial charge in [0.15, 0.2) is 10.8 Å². The number of carbonyl (C=O) groups excluding carboxylic acids is 2. The maximum absolute atomic E-state index is 14.2. The topological polar surface area (TPSA) is 120 Å². The fraction of sp³-hybridized carbons (Fsp3) is 0.440. The predicted octanol–water partition coefficient (Wildman–Crippen LogP) is 3.40. The Labute approximate surface area is 242 Å². The van der Waals surface area contributed by atoms with Crippen LogP contribution in [0, 0.1) is 0 Å². The lowest BCUT2D eigenvalue weighted by Gasteiger charge is -2.39. The van der Waals surface area contributed by atoms with Crippen LogP contribution in [0.2, 0.25) is 0 Å². The molecule has 0 radical (unpaired) electrons. The van der Waals surface area contributed by atoms with Gasteiger partial charge in [-0.1, -0.05) is 17.7 Å². The number of aromatic nitrogens is 1. The van der Waals surface area contributed by atoms with Gasteiger partial charge in [0.05, 0.1) is 32.3 Å². The number of allylic oxidation sites excluding steroid dienone is 2. The van der Waals surface area contributed by atoms with Crippen LogP contribution < -0.4 is 16.1 Å². The zero-order chi connectivity index (χ0) is 29.3. The standard InChI is InChI=1S/C25H27ClF3N7O4S/c1-25(5-7-36(34-25)22(28)29)18-17(12-35-11-14(40-24(35)38)10-31-23(37)39-2)32-20(21-30-6-8-41-21)33-19(18)15-4-3-13(27)9-16(15)26/h3-8,13-14,19,22,34H,9-12H2,1-2H3,(H,31,37)(H,32,33)/t13?,14-,19+,25?/m1/s1. The zero-order valence-electron chi connectivity index (χ0n) is 21.9. The number of nitrogens with one attached hydrogen (secondary N) is 3. The monoisotopic (exact) mass is 613 g/mol. The Kier molecular flexibility index (Phi) is 8.29. The van der Waals surface area contributed by atoms with Crippen molar-refractivity contribution in [3.8, 4) is 0 Å². The van der Waals surface area contributed by atoms with Crippen LogP contribution in [0.4, 0.5) is 22.8 Å². The highest BCUT2D eigenvalue weighted by atomic mass is 35.5. The third-order valence-electron chi connectivity index (χ3n) is 6.89. The summed E-state index contributed by atoms with van der Waals surface area (Å²) in [6.45, 7) is -0.992. The number of amidine groups is 1. The number of nitrogens with zero attached hydrogens (tertiary/aromatic N) is 4. The molecule has 1 aromatic rings. The van der Waals surface area contributed by atoms with Gasteiger partial charge in [-0.2, -0.15) is 8.78 Å².